The molecule has 3 heterocycles. The number of rotatable bonds is 6. The first kappa shape index (κ1) is 24.5. The van der Waals surface area contributed by atoms with Crippen LogP contribution >= 0.6 is 0 Å². The van der Waals surface area contributed by atoms with Gasteiger partial charge >= 0.3 is 0 Å². The molecule has 37 heavy (non-hydrogen) atoms. The van der Waals surface area contributed by atoms with Gasteiger partial charge in [-0.1, -0.05) is 23.8 Å². The van der Waals surface area contributed by atoms with E-state index in [9.17, 15) is 9.59 Å². The molecule has 2 fully saturated rings. The lowest BCUT2D eigenvalue weighted by Gasteiger charge is -2.36. The molecule has 1 N–H and O–H groups in total. The van der Waals surface area contributed by atoms with Crippen molar-refractivity contribution in [1.29, 1.82) is 0 Å². The van der Waals surface area contributed by atoms with Crippen molar-refractivity contribution in [2.24, 2.45) is 5.92 Å². The standard InChI is InChI=1S/C28H32N6O3/c1-19-7-9-22(10-8-19)30-28-29-20(2)15-25(31-28)32-11-13-33(14-12-32)27(36)21-16-26(35)34(18-21)23-5-4-6-24(17-23)37-3/h4-10,15,17,21H,11-14,16,18H2,1-3H3,(H,29,30,31). The lowest BCUT2D eigenvalue weighted by molar-refractivity contribution is -0.136. The summed E-state index contributed by atoms with van der Waals surface area (Å²) in [4.78, 5) is 41.0. The highest BCUT2D eigenvalue weighted by Gasteiger charge is 2.38. The molecule has 0 aliphatic carbocycles. The number of nitrogens with one attached hydrogen (secondary N) is 1. The Balaban J connectivity index is 1.20. The number of carbonyl (C=O) groups excluding carboxylic acids is 2. The normalized spacial score (nSPS) is 17.8. The number of aryl methyl sites for hydroxylation is 2. The molecule has 3 aromatic rings. The molecule has 0 saturated carbocycles. The minimum Gasteiger partial charge on any atom is -0.497 e. The fourth-order valence-electron chi connectivity index (χ4n) is 4.85. The molecular weight excluding hydrogens is 468 g/mol. The van der Waals surface area contributed by atoms with Crippen LogP contribution in [0.3, 0.4) is 0 Å². The van der Waals surface area contributed by atoms with E-state index in [2.05, 4.69) is 22.1 Å². The molecule has 0 radical (unpaired) electrons. The van der Waals surface area contributed by atoms with Gasteiger partial charge < -0.3 is 24.8 Å². The summed E-state index contributed by atoms with van der Waals surface area (Å²) in [5.74, 6) is 1.76. The fraction of sp³-hybridized carbons (Fsp3) is 0.357. The number of piperazine rings is 1. The average Bonchev–Trinajstić information content (AvgIpc) is 3.31. The van der Waals surface area contributed by atoms with E-state index in [1.165, 1.54) is 5.56 Å². The van der Waals surface area contributed by atoms with Crippen LogP contribution in [-0.2, 0) is 9.59 Å². The van der Waals surface area contributed by atoms with Crippen LogP contribution in [0.2, 0.25) is 0 Å². The van der Waals surface area contributed by atoms with E-state index in [-0.39, 0.29) is 24.2 Å². The first-order valence-corrected chi connectivity index (χ1v) is 12.6. The number of hydrogen-bond acceptors (Lipinski definition) is 7. The maximum absolute atomic E-state index is 13.3. The van der Waals surface area contributed by atoms with Crippen LogP contribution in [0.4, 0.5) is 23.1 Å². The third-order valence-electron chi connectivity index (χ3n) is 6.90. The number of nitrogens with zero attached hydrogens (tertiary/aromatic N) is 5. The highest BCUT2D eigenvalue weighted by atomic mass is 16.5. The Morgan fingerprint density at radius 1 is 1.00 bits per heavy atom. The summed E-state index contributed by atoms with van der Waals surface area (Å²) in [5, 5.41) is 3.29. The molecule has 2 aromatic carbocycles. The quantitative estimate of drug-likeness (QED) is 0.554. The number of hydrogen-bond donors (Lipinski definition) is 1. The summed E-state index contributed by atoms with van der Waals surface area (Å²) >= 11 is 0. The maximum atomic E-state index is 13.3. The van der Waals surface area contributed by atoms with E-state index in [4.69, 9.17) is 9.72 Å². The highest BCUT2D eigenvalue weighted by Crippen LogP contribution is 2.29. The van der Waals surface area contributed by atoms with Crippen LogP contribution in [0, 0.1) is 19.8 Å². The summed E-state index contributed by atoms with van der Waals surface area (Å²) in [6, 6.07) is 17.5. The first-order chi connectivity index (χ1) is 17.9. The van der Waals surface area contributed by atoms with Gasteiger partial charge in [-0.05, 0) is 38.1 Å². The predicted molar refractivity (Wildman–Crippen MR) is 143 cm³/mol. The SMILES string of the molecule is COc1cccc(N2CC(C(=O)N3CCN(c4cc(C)nc(Nc5ccc(C)cc5)n4)CC3)CC2=O)c1. The van der Waals surface area contributed by atoms with Crippen molar-refractivity contribution in [3.8, 4) is 5.75 Å². The van der Waals surface area contributed by atoms with E-state index in [1.807, 2.05) is 66.4 Å². The summed E-state index contributed by atoms with van der Waals surface area (Å²) in [5.41, 5.74) is 3.77. The van der Waals surface area contributed by atoms with Gasteiger partial charge in [0.1, 0.15) is 11.6 Å². The topological polar surface area (TPSA) is 90.9 Å². The Kier molecular flexibility index (Phi) is 6.94. The average molecular weight is 501 g/mol. The van der Waals surface area contributed by atoms with Crippen LogP contribution in [0.25, 0.3) is 0 Å². The van der Waals surface area contributed by atoms with Gasteiger partial charge in [0.15, 0.2) is 0 Å². The molecule has 1 atom stereocenters. The van der Waals surface area contributed by atoms with Crippen molar-refractivity contribution in [2.45, 2.75) is 20.3 Å². The zero-order chi connectivity index (χ0) is 25.9. The molecule has 192 valence electrons. The lowest BCUT2D eigenvalue weighted by atomic mass is 10.1. The Morgan fingerprint density at radius 2 is 1.76 bits per heavy atom. The molecule has 9 nitrogen and oxygen atoms in total. The van der Waals surface area contributed by atoms with Gasteiger partial charge in [-0.2, -0.15) is 4.98 Å². The van der Waals surface area contributed by atoms with Crippen LogP contribution in [0.15, 0.2) is 54.6 Å². The zero-order valence-corrected chi connectivity index (χ0v) is 21.5. The molecule has 2 aliphatic heterocycles. The van der Waals surface area contributed by atoms with E-state index < -0.39 is 0 Å². The molecule has 2 saturated heterocycles. The molecular formula is C28H32N6O3. The van der Waals surface area contributed by atoms with E-state index in [0.717, 1.165) is 22.9 Å². The Labute approximate surface area is 217 Å². The summed E-state index contributed by atoms with van der Waals surface area (Å²) < 4.78 is 5.28. The predicted octanol–water partition coefficient (Wildman–Crippen LogP) is 3.55. The maximum Gasteiger partial charge on any atom is 0.229 e. The Hall–Kier alpha value is -4.14. The molecule has 0 spiro atoms. The number of amides is 2. The van der Waals surface area contributed by atoms with Gasteiger partial charge in [-0.25, -0.2) is 4.98 Å². The van der Waals surface area contributed by atoms with Gasteiger partial charge in [0.05, 0.1) is 13.0 Å². The zero-order valence-electron chi connectivity index (χ0n) is 21.5. The van der Waals surface area contributed by atoms with E-state index in [0.29, 0.717) is 44.4 Å². The minimum absolute atomic E-state index is 0.0321. The number of anilines is 4. The van der Waals surface area contributed by atoms with Gasteiger partial charge in [0, 0.05) is 68.3 Å². The third kappa shape index (κ3) is 5.50. The monoisotopic (exact) mass is 500 g/mol. The van der Waals surface area contributed by atoms with Crippen molar-refractivity contribution in [2.75, 3.05) is 55.0 Å². The number of ether oxygens (including phenoxy) is 1. The largest absolute Gasteiger partial charge is 0.497 e. The molecule has 1 unspecified atom stereocenters. The number of carbonyl (C=O) groups is 2. The van der Waals surface area contributed by atoms with E-state index in [1.54, 1.807) is 12.0 Å². The fourth-order valence-corrected chi connectivity index (χ4v) is 4.85. The Morgan fingerprint density at radius 3 is 2.49 bits per heavy atom. The third-order valence-corrected chi connectivity index (χ3v) is 6.90. The number of benzene rings is 2. The van der Waals surface area contributed by atoms with Gasteiger partial charge in [0.25, 0.3) is 0 Å². The van der Waals surface area contributed by atoms with Crippen molar-refractivity contribution >= 4 is 35.0 Å². The van der Waals surface area contributed by atoms with Gasteiger partial charge in [-0.3, -0.25) is 9.59 Å². The second-order valence-corrected chi connectivity index (χ2v) is 9.60. The van der Waals surface area contributed by atoms with Gasteiger partial charge in [-0.15, -0.1) is 0 Å². The summed E-state index contributed by atoms with van der Waals surface area (Å²) in [7, 11) is 1.60. The lowest BCUT2D eigenvalue weighted by Crippen LogP contribution is -2.51. The molecule has 0 bridgehead atoms. The minimum atomic E-state index is -0.336. The smallest absolute Gasteiger partial charge is 0.229 e. The van der Waals surface area contributed by atoms with Crippen molar-refractivity contribution in [3.63, 3.8) is 0 Å². The van der Waals surface area contributed by atoms with Crippen LogP contribution in [0.1, 0.15) is 17.7 Å². The van der Waals surface area contributed by atoms with Crippen LogP contribution in [0.5, 0.6) is 5.75 Å². The first-order valence-electron chi connectivity index (χ1n) is 12.6. The van der Waals surface area contributed by atoms with Crippen molar-refractivity contribution in [1.82, 2.24) is 14.9 Å². The van der Waals surface area contributed by atoms with Crippen molar-refractivity contribution < 1.29 is 14.3 Å². The van der Waals surface area contributed by atoms with Crippen LogP contribution < -0.4 is 19.9 Å². The summed E-state index contributed by atoms with van der Waals surface area (Å²) in [6.45, 7) is 6.93. The molecule has 2 amide bonds. The van der Waals surface area contributed by atoms with E-state index >= 15 is 0 Å². The molecule has 9 heteroatoms. The number of aromatic nitrogens is 2. The number of methoxy groups -OCH3 is 1. The van der Waals surface area contributed by atoms with Gasteiger partial charge in [0.2, 0.25) is 17.8 Å². The Bertz CT molecular complexity index is 1290. The van der Waals surface area contributed by atoms with Crippen molar-refractivity contribution in [3.05, 3.63) is 65.9 Å². The molecule has 1 aromatic heterocycles. The molecule has 2 aliphatic rings. The van der Waals surface area contributed by atoms with Crippen LogP contribution in [-0.4, -0.2) is 66.5 Å². The second-order valence-electron chi connectivity index (χ2n) is 9.60. The highest BCUT2D eigenvalue weighted by molar-refractivity contribution is 6.00. The summed E-state index contributed by atoms with van der Waals surface area (Å²) in [6.07, 6.45) is 0.232. The molecule has 5 rings (SSSR count). The second kappa shape index (κ2) is 10.5.